The molecule has 3 aromatic heterocycles. The molecular weight excluding hydrogens is 307 g/mol. The van der Waals surface area contributed by atoms with E-state index in [1.54, 1.807) is 13.9 Å². The first kappa shape index (κ1) is 13.5. The molecule has 0 bridgehead atoms. The summed E-state index contributed by atoms with van der Waals surface area (Å²) in [6, 6.07) is 6.75. The van der Waals surface area contributed by atoms with Crippen LogP contribution in [0.2, 0.25) is 0 Å². The quantitative estimate of drug-likeness (QED) is 0.620. The zero-order valence-corrected chi connectivity index (χ0v) is 14.5. The van der Waals surface area contributed by atoms with E-state index in [1.165, 1.54) is 16.7 Å². The number of rotatable bonds is 3. The number of thiophene rings is 3. The highest BCUT2D eigenvalue weighted by Gasteiger charge is 2.24. The van der Waals surface area contributed by atoms with Crippen LogP contribution in [-0.2, 0) is 0 Å². The molecule has 0 fully saturated rings. The smallest absolute Gasteiger partial charge is 0.0414 e. The predicted molar refractivity (Wildman–Crippen MR) is 93.0 cm³/mol. The maximum absolute atomic E-state index is 2.25. The summed E-state index contributed by atoms with van der Waals surface area (Å²) in [4.78, 5) is 0. The van der Waals surface area contributed by atoms with Crippen LogP contribution in [0.4, 0.5) is 0 Å². The summed E-state index contributed by atoms with van der Waals surface area (Å²) in [5.74, 6) is 0. The molecule has 0 radical (unpaired) electrons. The molecule has 4 heteroatoms. The van der Waals surface area contributed by atoms with E-state index in [9.17, 15) is 0 Å². The first-order valence-corrected chi connectivity index (χ1v) is 10.1. The summed E-state index contributed by atoms with van der Waals surface area (Å²) < 4.78 is 4.68. The largest absolute Gasteiger partial charge is 0.143 e. The van der Waals surface area contributed by atoms with Gasteiger partial charge in [0.05, 0.1) is 0 Å². The van der Waals surface area contributed by atoms with Crippen LogP contribution in [-0.4, -0.2) is 0 Å². The number of hydrogen-bond acceptors (Lipinski definition) is 3. The van der Waals surface area contributed by atoms with Gasteiger partial charge in [-0.05, 0) is 71.8 Å². The van der Waals surface area contributed by atoms with Gasteiger partial charge < -0.3 is 0 Å². The second-order valence-electron chi connectivity index (χ2n) is 4.56. The molecule has 0 aliphatic carbocycles. The summed E-state index contributed by atoms with van der Waals surface area (Å²) in [5, 5.41) is 6.68. The standard InChI is InChI=1S/C15H15PS3/c1-10-4-7-17-13(10)16(14-11(2)5-8-18-14)15-12(3)6-9-19-15/h4-9H,1-3H3. The van der Waals surface area contributed by atoms with Crippen LogP contribution >= 0.6 is 41.9 Å². The van der Waals surface area contributed by atoms with E-state index in [2.05, 4.69) is 55.1 Å². The third-order valence-electron chi connectivity index (χ3n) is 3.11. The topological polar surface area (TPSA) is 0 Å². The van der Waals surface area contributed by atoms with Crippen molar-refractivity contribution in [2.24, 2.45) is 0 Å². The second-order valence-corrected chi connectivity index (χ2v) is 10.2. The van der Waals surface area contributed by atoms with Gasteiger partial charge in [-0.3, -0.25) is 0 Å². The average molecular weight is 322 g/mol. The average Bonchev–Trinajstić information content (AvgIpc) is 3.07. The summed E-state index contributed by atoms with van der Waals surface area (Å²) in [6.07, 6.45) is 0. The molecule has 0 aliphatic heterocycles. The molecule has 98 valence electrons. The SMILES string of the molecule is Cc1ccsc1P(c1sccc1C)c1sccc1C. The van der Waals surface area contributed by atoms with E-state index in [4.69, 9.17) is 0 Å². The van der Waals surface area contributed by atoms with Crippen LogP contribution in [0.3, 0.4) is 0 Å². The van der Waals surface area contributed by atoms with Gasteiger partial charge in [0.15, 0.2) is 0 Å². The van der Waals surface area contributed by atoms with Gasteiger partial charge in [-0.25, -0.2) is 0 Å². The molecule has 0 unspecified atom stereocenters. The van der Waals surface area contributed by atoms with Crippen molar-refractivity contribution in [3.8, 4) is 0 Å². The first-order valence-electron chi connectivity index (χ1n) is 6.11. The Kier molecular flexibility index (Phi) is 3.91. The monoisotopic (exact) mass is 322 g/mol. The molecular formula is C15H15PS3. The van der Waals surface area contributed by atoms with Crippen LogP contribution in [0, 0.1) is 20.8 Å². The van der Waals surface area contributed by atoms with Gasteiger partial charge >= 0.3 is 0 Å². The lowest BCUT2D eigenvalue weighted by Gasteiger charge is -2.17. The third-order valence-corrected chi connectivity index (χ3v) is 10.4. The molecule has 3 heterocycles. The minimum atomic E-state index is -0.342. The summed E-state index contributed by atoms with van der Waals surface area (Å²) in [7, 11) is -0.342. The Labute approximate surface area is 127 Å². The zero-order chi connectivity index (χ0) is 13.4. The van der Waals surface area contributed by atoms with E-state index in [1.807, 2.05) is 34.0 Å². The van der Waals surface area contributed by atoms with E-state index in [0.29, 0.717) is 0 Å². The zero-order valence-electron chi connectivity index (χ0n) is 11.1. The van der Waals surface area contributed by atoms with Crippen molar-refractivity contribution in [2.75, 3.05) is 0 Å². The summed E-state index contributed by atoms with van der Waals surface area (Å²) in [5.41, 5.74) is 4.32. The van der Waals surface area contributed by atoms with Gasteiger partial charge in [-0.1, -0.05) is 0 Å². The van der Waals surface area contributed by atoms with Gasteiger partial charge in [0.1, 0.15) is 0 Å². The van der Waals surface area contributed by atoms with Gasteiger partial charge in [0, 0.05) is 21.8 Å². The van der Waals surface area contributed by atoms with Gasteiger partial charge in [-0.15, -0.1) is 34.0 Å². The van der Waals surface area contributed by atoms with Crippen molar-refractivity contribution in [1.29, 1.82) is 0 Å². The molecule has 0 amide bonds. The van der Waals surface area contributed by atoms with Gasteiger partial charge in [0.25, 0.3) is 0 Å². The molecule has 0 aliphatic rings. The predicted octanol–water partition coefficient (Wildman–Crippen LogP) is 4.55. The molecule has 3 rings (SSSR count). The fourth-order valence-electron chi connectivity index (χ4n) is 2.06. The van der Waals surface area contributed by atoms with Crippen LogP contribution in [0.25, 0.3) is 0 Å². The van der Waals surface area contributed by atoms with Crippen LogP contribution in [0.15, 0.2) is 34.3 Å². The van der Waals surface area contributed by atoms with E-state index in [-0.39, 0.29) is 7.92 Å². The highest BCUT2D eigenvalue weighted by molar-refractivity contribution is 7.91. The van der Waals surface area contributed by atoms with Crippen molar-refractivity contribution in [1.82, 2.24) is 0 Å². The van der Waals surface area contributed by atoms with E-state index in [0.717, 1.165) is 0 Å². The number of hydrogen-bond donors (Lipinski definition) is 0. The Morgan fingerprint density at radius 3 is 1.16 bits per heavy atom. The number of aryl methyl sites for hydroxylation is 3. The van der Waals surface area contributed by atoms with E-state index < -0.39 is 0 Å². The Morgan fingerprint density at radius 1 is 0.632 bits per heavy atom. The minimum absolute atomic E-state index is 0.342. The van der Waals surface area contributed by atoms with Gasteiger partial charge in [-0.2, -0.15) is 0 Å². The van der Waals surface area contributed by atoms with Crippen molar-refractivity contribution in [2.45, 2.75) is 20.8 Å². The highest BCUT2D eigenvalue weighted by Crippen LogP contribution is 2.41. The third kappa shape index (κ3) is 2.45. The van der Waals surface area contributed by atoms with Crippen molar-refractivity contribution in [3.05, 3.63) is 51.0 Å². The van der Waals surface area contributed by atoms with Crippen LogP contribution in [0.1, 0.15) is 16.7 Å². The lowest BCUT2D eigenvalue weighted by Crippen LogP contribution is -2.19. The fraction of sp³-hybridized carbons (Fsp3) is 0.200. The molecule has 0 aromatic carbocycles. The summed E-state index contributed by atoms with van der Waals surface area (Å²) in [6.45, 7) is 6.73. The summed E-state index contributed by atoms with van der Waals surface area (Å²) >= 11 is 5.74. The van der Waals surface area contributed by atoms with Crippen molar-refractivity contribution >= 4 is 55.8 Å². The lowest BCUT2D eigenvalue weighted by atomic mass is 10.4. The van der Waals surface area contributed by atoms with Crippen molar-refractivity contribution < 1.29 is 0 Å². The molecule has 0 saturated heterocycles. The molecule has 19 heavy (non-hydrogen) atoms. The van der Waals surface area contributed by atoms with E-state index >= 15 is 0 Å². The lowest BCUT2D eigenvalue weighted by molar-refractivity contribution is 1.57. The molecule has 0 spiro atoms. The molecule has 0 nitrogen and oxygen atoms in total. The Hall–Kier alpha value is -0.470. The Balaban J connectivity index is 2.20. The fourth-order valence-corrected chi connectivity index (χ4v) is 9.83. The van der Waals surface area contributed by atoms with Crippen LogP contribution in [0.5, 0.6) is 0 Å². The Bertz CT molecular complexity index is 594. The minimum Gasteiger partial charge on any atom is -0.143 e. The maximum atomic E-state index is 2.25. The Morgan fingerprint density at radius 2 is 0.947 bits per heavy atom. The molecule has 0 N–H and O–H groups in total. The van der Waals surface area contributed by atoms with Gasteiger partial charge in [0.2, 0.25) is 0 Å². The second kappa shape index (κ2) is 5.49. The molecule has 3 aromatic rings. The highest BCUT2D eigenvalue weighted by atomic mass is 32.1. The van der Waals surface area contributed by atoms with Crippen LogP contribution < -0.4 is 13.9 Å². The normalized spacial score (nSPS) is 11.4. The molecule has 0 atom stereocenters. The first-order chi connectivity index (χ1) is 9.18. The molecule has 0 saturated carbocycles. The maximum Gasteiger partial charge on any atom is 0.0414 e. The van der Waals surface area contributed by atoms with Crippen molar-refractivity contribution in [3.63, 3.8) is 0 Å².